The Balaban J connectivity index is 1.16. The Kier molecular flexibility index (Phi) is 7.11. The van der Waals surface area contributed by atoms with Crippen LogP contribution in [0.5, 0.6) is 11.5 Å². The van der Waals surface area contributed by atoms with Crippen LogP contribution in [0.4, 0.5) is 17.1 Å². The van der Waals surface area contributed by atoms with Gasteiger partial charge in [-0.25, -0.2) is 0 Å². The van der Waals surface area contributed by atoms with E-state index in [1.807, 2.05) is 0 Å². The van der Waals surface area contributed by atoms with Gasteiger partial charge in [0.2, 0.25) is 0 Å². The van der Waals surface area contributed by atoms with E-state index in [2.05, 4.69) is 217 Å². The summed E-state index contributed by atoms with van der Waals surface area (Å²) in [5.74, 6) is 1.80. The van der Waals surface area contributed by atoms with Crippen LogP contribution in [0.25, 0.3) is 44.2 Å². The predicted molar refractivity (Wildman–Crippen MR) is 227 cm³/mol. The van der Waals surface area contributed by atoms with Gasteiger partial charge in [0.25, 0.3) is 0 Å². The van der Waals surface area contributed by atoms with Crippen molar-refractivity contribution in [1.29, 1.82) is 0 Å². The minimum absolute atomic E-state index is 0.539. The van der Waals surface area contributed by atoms with Gasteiger partial charge in [-0.15, -0.1) is 0 Å². The molecule has 2 aliphatic rings. The highest BCUT2D eigenvalue weighted by Gasteiger charge is 2.51. The van der Waals surface area contributed by atoms with Crippen LogP contribution in [-0.2, 0) is 5.41 Å². The highest BCUT2D eigenvalue weighted by atomic mass is 16.5. The fourth-order valence-corrected chi connectivity index (χ4v) is 9.28. The third kappa shape index (κ3) is 4.68. The SMILES string of the molecule is c1ccc(N(c2ccccc2-c2ccc3c(c2)C2(c4ccccc4Oc4ccccc42)c2ccccc2-3)c2ccccc2-c2cccc3ccccc23)cc1. The molecule has 0 N–H and O–H groups in total. The molecular weight excluding hydrogens is 667 g/mol. The van der Waals surface area contributed by atoms with E-state index in [1.54, 1.807) is 0 Å². The van der Waals surface area contributed by atoms with Gasteiger partial charge >= 0.3 is 0 Å². The highest BCUT2D eigenvalue weighted by Crippen LogP contribution is 2.62. The van der Waals surface area contributed by atoms with Crippen LogP contribution in [0, 0.1) is 0 Å². The Labute approximate surface area is 321 Å². The van der Waals surface area contributed by atoms with Gasteiger partial charge in [-0.2, -0.15) is 0 Å². The summed E-state index contributed by atoms with van der Waals surface area (Å²) in [6.07, 6.45) is 0. The molecule has 2 nitrogen and oxygen atoms in total. The predicted octanol–water partition coefficient (Wildman–Crippen LogP) is 14.1. The second-order valence-electron chi connectivity index (χ2n) is 14.4. The van der Waals surface area contributed by atoms with E-state index in [9.17, 15) is 0 Å². The standard InChI is InChI=1S/C53H35NO/c1-2-19-38(20-3-1)54(50-30-13-8-24-44(50)41-25-16-18-36-17-4-5-21-39(36)41)49-29-12-7-22-40(49)37-33-34-43-42-23-6-9-26-45(42)53(48(43)35-37)46-27-10-14-31-51(46)55-52-32-15-11-28-47(52)53/h1-35H. The Morgan fingerprint density at radius 3 is 1.64 bits per heavy atom. The van der Waals surface area contributed by atoms with Crippen LogP contribution in [0.3, 0.4) is 0 Å². The van der Waals surface area contributed by atoms with E-state index in [-0.39, 0.29) is 0 Å². The third-order valence-electron chi connectivity index (χ3n) is 11.5. The minimum atomic E-state index is -0.539. The van der Waals surface area contributed by atoms with E-state index >= 15 is 0 Å². The Morgan fingerprint density at radius 1 is 0.345 bits per heavy atom. The van der Waals surface area contributed by atoms with Crippen molar-refractivity contribution in [2.75, 3.05) is 4.90 Å². The molecule has 0 amide bonds. The van der Waals surface area contributed by atoms with Crippen molar-refractivity contribution < 1.29 is 4.74 Å². The van der Waals surface area contributed by atoms with Crippen molar-refractivity contribution in [3.8, 4) is 44.9 Å². The van der Waals surface area contributed by atoms with Gasteiger partial charge in [-0.1, -0.05) is 170 Å². The molecule has 0 saturated heterocycles. The lowest BCUT2D eigenvalue weighted by Gasteiger charge is -2.39. The second-order valence-corrected chi connectivity index (χ2v) is 14.4. The maximum absolute atomic E-state index is 6.63. The summed E-state index contributed by atoms with van der Waals surface area (Å²) in [6, 6.07) is 76.9. The number of ether oxygens (including phenoxy) is 1. The van der Waals surface area contributed by atoms with Gasteiger partial charge in [-0.05, 0) is 86.6 Å². The van der Waals surface area contributed by atoms with Crippen LogP contribution in [0.1, 0.15) is 22.3 Å². The molecule has 0 atom stereocenters. The first-order chi connectivity index (χ1) is 27.3. The third-order valence-corrected chi connectivity index (χ3v) is 11.5. The van der Waals surface area contributed by atoms with Crippen LogP contribution in [-0.4, -0.2) is 0 Å². The number of fused-ring (bicyclic) bond motifs is 10. The number of para-hydroxylation sites is 5. The largest absolute Gasteiger partial charge is 0.457 e. The fraction of sp³-hybridized carbons (Fsp3) is 0.0189. The fourth-order valence-electron chi connectivity index (χ4n) is 9.28. The maximum Gasteiger partial charge on any atom is 0.132 e. The van der Waals surface area contributed by atoms with E-state index in [1.165, 1.54) is 55.3 Å². The van der Waals surface area contributed by atoms with Crippen LogP contribution >= 0.6 is 0 Å². The molecule has 2 heteroatoms. The number of benzene rings is 9. The Hall–Kier alpha value is -7.16. The first-order valence-electron chi connectivity index (χ1n) is 18.9. The molecule has 1 aliphatic heterocycles. The molecular formula is C53H35NO. The smallest absolute Gasteiger partial charge is 0.132 e. The topological polar surface area (TPSA) is 12.5 Å². The number of rotatable bonds is 5. The van der Waals surface area contributed by atoms with Gasteiger partial charge in [0.05, 0.1) is 16.8 Å². The molecule has 0 fully saturated rings. The molecule has 9 aromatic rings. The van der Waals surface area contributed by atoms with Gasteiger partial charge < -0.3 is 9.64 Å². The molecule has 11 rings (SSSR count). The molecule has 55 heavy (non-hydrogen) atoms. The number of nitrogens with zero attached hydrogens (tertiary/aromatic N) is 1. The molecule has 0 aromatic heterocycles. The lowest BCUT2D eigenvalue weighted by Crippen LogP contribution is -2.32. The summed E-state index contributed by atoms with van der Waals surface area (Å²) in [4.78, 5) is 2.43. The van der Waals surface area contributed by atoms with Gasteiger partial charge in [0.15, 0.2) is 0 Å². The molecule has 1 aliphatic carbocycles. The first kappa shape index (κ1) is 31.4. The molecule has 0 saturated carbocycles. The van der Waals surface area contributed by atoms with Crippen molar-refractivity contribution in [3.63, 3.8) is 0 Å². The van der Waals surface area contributed by atoms with Crippen LogP contribution < -0.4 is 9.64 Å². The van der Waals surface area contributed by atoms with Crippen LogP contribution in [0.2, 0.25) is 0 Å². The quantitative estimate of drug-likeness (QED) is 0.177. The van der Waals surface area contributed by atoms with Crippen LogP contribution in [0.15, 0.2) is 212 Å². The van der Waals surface area contributed by atoms with Crippen molar-refractivity contribution >= 4 is 27.8 Å². The monoisotopic (exact) mass is 701 g/mol. The number of anilines is 3. The number of hydrogen-bond donors (Lipinski definition) is 0. The van der Waals surface area contributed by atoms with E-state index in [4.69, 9.17) is 4.74 Å². The Morgan fingerprint density at radius 2 is 0.873 bits per heavy atom. The lowest BCUT2D eigenvalue weighted by atomic mass is 9.66. The average molecular weight is 702 g/mol. The van der Waals surface area contributed by atoms with Gasteiger partial charge in [0, 0.05) is 27.9 Å². The molecule has 0 unspecified atom stereocenters. The average Bonchev–Trinajstić information content (AvgIpc) is 3.54. The normalized spacial score (nSPS) is 13.0. The number of hydrogen-bond acceptors (Lipinski definition) is 2. The van der Waals surface area contributed by atoms with E-state index < -0.39 is 5.41 Å². The van der Waals surface area contributed by atoms with E-state index in [0.717, 1.165) is 39.7 Å². The zero-order chi connectivity index (χ0) is 36.3. The first-order valence-corrected chi connectivity index (χ1v) is 18.9. The summed E-state index contributed by atoms with van der Waals surface area (Å²) >= 11 is 0. The second kappa shape index (κ2) is 12.5. The molecule has 1 heterocycles. The van der Waals surface area contributed by atoms with Gasteiger partial charge in [0.1, 0.15) is 11.5 Å². The summed E-state index contributed by atoms with van der Waals surface area (Å²) in [7, 11) is 0. The zero-order valence-electron chi connectivity index (χ0n) is 30.1. The molecule has 258 valence electrons. The van der Waals surface area contributed by atoms with Crippen molar-refractivity contribution in [2.45, 2.75) is 5.41 Å². The van der Waals surface area contributed by atoms with Gasteiger partial charge in [-0.3, -0.25) is 0 Å². The van der Waals surface area contributed by atoms with E-state index in [0.29, 0.717) is 0 Å². The summed E-state index contributed by atoms with van der Waals surface area (Å²) in [5, 5.41) is 2.46. The molecule has 0 bridgehead atoms. The Bertz CT molecular complexity index is 2880. The summed E-state index contributed by atoms with van der Waals surface area (Å²) in [5.41, 5.74) is 14.9. The highest BCUT2D eigenvalue weighted by molar-refractivity contribution is 6.02. The minimum Gasteiger partial charge on any atom is -0.457 e. The van der Waals surface area contributed by atoms with Crippen molar-refractivity contribution in [1.82, 2.24) is 0 Å². The van der Waals surface area contributed by atoms with Crippen molar-refractivity contribution in [2.24, 2.45) is 0 Å². The maximum atomic E-state index is 6.63. The summed E-state index contributed by atoms with van der Waals surface area (Å²) < 4.78 is 6.63. The summed E-state index contributed by atoms with van der Waals surface area (Å²) in [6.45, 7) is 0. The lowest BCUT2D eigenvalue weighted by molar-refractivity contribution is 0.436. The molecule has 0 radical (unpaired) electrons. The molecule has 1 spiro atoms. The molecule has 9 aromatic carbocycles. The zero-order valence-corrected chi connectivity index (χ0v) is 30.1. The van der Waals surface area contributed by atoms with Crippen molar-refractivity contribution in [3.05, 3.63) is 235 Å².